The number of aromatic nitrogens is 1. The van der Waals surface area contributed by atoms with Gasteiger partial charge in [0.2, 0.25) is 0 Å². The van der Waals surface area contributed by atoms with Gasteiger partial charge in [-0.25, -0.2) is 4.98 Å². The summed E-state index contributed by atoms with van der Waals surface area (Å²) in [5.74, 6) is -0.372. The summed E-state index contributed by atoms with van der Waals surface area (Å²) < 4.78 is 0. The van der Waals surface area contributed by atoms with Gasteiger partial charge in [0.15, 0.2) is 5.69 Å². The topological polar surface area (TPSA) is 82.5 Å². The van der Waals surface area contributed by atoms with E-state index in [9.17, 15) is 15.0 Å². The Morgan fingerprint density at radius 1 is 1.26 bits per heavy atom. The van der Waals surface area contributed by atoms with Crippen molar-refractivity contribution in [3.05, 3.63) is 53.3 Å². The molecule has 0 aliphatic rings. The molecule has 1 amide bonds. The smallest absolute Gasteiger partial charge is 0.273 e. The largest absolute Gasteiger partial charge is 0.508 e. The van der Waals surface area contributed by atoms with E-state index in [1.165, 1.54) is 12.3 Å². The van der Waals surface area contributed by atoms with E-state index >= 15 is 0 Å². The molecule has 1 aromatic heterocycles. The molecule has 1 aromatic carbocycles. The monoisotopic (exact) mass is 258 g/mol. The number of amides is 1. The Balaban J connectivity index is 2.04. The van der Waals surface area contributed by atoms with Crippen LogP contribution in [0.15, 0.2) is 36.5 Å². The molecule has 0 atom stereocenters. The fourth-order valence-electron chi connectivity index (χ4n) is 1.67. The molecule has 19 heavy (non-hydrogen) atoms. The number of rotatable bonds is 3. The fraction of sp³-hybridized carbons (Fsp3) is 0.143. The first-order chi connectivity index (χ1) is 9.08. The van der Waals surface area contributed by atoms with E-state index in [0.717, 1.165) is 11.1 Å². The molecular weight excluding hydrogens is 244 g/mol. The average Bonchev–Trinajstić information content (AvgIpc) is 2.40. The molecule has 0 unspecified atom stereocenters. The summed E-state index contributed by atoms with van der Waals surface area (Å²) in [6, 6.07) is 8.05. The van der Waals surface area contributed by atoms with Gasteiger partial charge in [-0.1, -0.05) is 12.1 Å². The zero-order valence-corrected chi connectivity index (χ0v) is 10.4. The van der Waals surface area contributed by atoms with E-state index < -0.39 is 5.91 Å². The number of nitrogens with one attached hydrogen (secondary N) is 1. The van der Waals surface area contributed by atoms with E-state index in [1.807, 2.05) is 0 Å². The molecule has 0 fully saturated rings. The van der Waals surface area contributed by atoms with E-state index in [-0.39, 0.29) is 17.2 Å². The first kappa shape index (κ1) is 12.9. The maximum absolute atomic E-state index is 11.8. The van der Waals surface area contributed by atoms with E-state index in [0.29, 0.717) is 6.54 Å². The molecule has 5 nitrogen and oxygen atoms in total. The highest BCUT2D eigenvalue weighted by molar-refractivity contribution is 5.94. The molecule has 0 saturated carbocycles. The van der Waals surface area contributed by atoms with Crippen LogP contribution >= 0.6 is 0 Å². The Kier molecular flexibility index (Phi) is 3.66. The third-order valence-corrected chi connectivity index (χ3v) is 2.72. The number of hydrogen-bond acceptors (Lipinski definition) is 4. The van der Waals surface area contributed by atoms with Gasteiger partial charge in [-0.2, -0.15) is 0 Å². The maximum atomic E-state index is 11.8. The number of hydrogen-bond donors (Lipinski definition) is 3. The van der Waals surface area contributed by atoms with Crippen LogP contribution in [0.5, 0.6) is 11.5 Å². The van der Waals surface area contributed by atoms with E-state index in [4.69, 9.17) is 0 Å². The first-order valence-corrected chi connectivity index (χ1v) is 5.78. The molecule has 98 valence electrons. The predicted molar refractivity (Wildman–Crippen MR) is 69.9 cm³/mol. The van der Waals surface area contributed by atoms with Crippen LogP contribution in [0.25, 0.3) is 0 Å². The number of benzene rings is 1. The Labute approximate surface area is 110 Å². The number of pyridine rings is 1. The summed E-state index contributed by atoms with van der Waals surface area (Å²) in [6.45, 7) is 2.08. The van der Waals surface area contributed by atoms with Crippen molar-refractivity contribution >= 4 is 5.91 Å². The third-order valence-electron chi connectivity index (χ3n) is 2.72. The predicted octanol–water partition coefficient (Wildman–Crippen LogP) is 1.73. The molecule has 3 N–H and O–H groups in total. The van der Waals surface area contributed by atoms with Gasteiger partial charge in [-0.15, -0.1) is 0 Å². The molecule has 2 rings (SSSR count). The van der Waals surface area contributed by atoms with E-state index in [2.05, 4.69) is 10.3 Å². The molecule has 0 aliphatic heterocycles. The number of phenolic OH excluding ortho intramolecular Hbond substituents is 1. The fourth-order valence-corrected chi connectivity index (χ4v) is 1.67. The first-order valence-electron chi connectivity index (χ1n) is 5.78. The Morgan fingerprint density at radius 2 is 2.05 bits per heavy atom. The summed E-state index contributed by atoms with van der Waals surface area (Å²) in [5.41, 5.74) is 1.60. The van der Waals surface area contributed by atoms with Crippen molar-refractivity contribution in [3.8, 4) is 11.5 Å². The lowest BCUT2D eigenvalue weighted by Gasteiger charge is -2.07. The minimum absolute atomic E-state index is 0.00185. The molecule has 5 heteroatoms. The van der Waals surface area contributed by atoms with Crippen LogP contribution in [0, 0.1) is 6.92 Å². The SMILES string of the molecule is Cc1cc(CNC(=O)c2ncccc2O)ccc1O. The highest BCUT2D eigenvalue weighted by Crippen LogP contribution is 2.17. The molecule has 0 spiro atoms. The van der Waals surface area contributed by atoms with Gasteiger partial charge >= 0.3 is 0 Å². The second kappa shape index (κ2) is 5.39. The van der Waals surface area contributed by atoms with Gasteiger partial charge in [0.1, 0.15) is 11.5 Å². The van der Waals surface area contributed by atoms with Gasteiger partial charge in [-0.05, 0) is 36.2 Å². The quantitative estimate of drug-likeness (QED) is 0.783. The minimum atomic E-state index is -0.441. The number of carbonyl (C=O) groups is 1. The molecule has 2 aromatic rings. The van der Waals surface area contributed by atoms with Crippen LogP contribution in [0.1, 0.15) is 21.6 Å². The van der Waals surface area contributed by atoms with Crippen LogP contribution in [-0.4, -0.2) is 21.1 Å². The maximum Gasteiger partial charge on any atom is 0.273 e. The normalized spacial score (nSPS) is 10.2. The van der Waals surface area contributed by atoms with Gasteiger partial charge in [0.05, 0.1) is 0 Å². The molecular formula is C14H14N2O3. The zero-order chi connectivity index (χ0) is 13.8. The van der Waals surface area contributed by atoms with Crippen LogP contribution in [0.4, 0.5) is 0 Å². The second-order valence-electron chi connectivity index (χ2n) is 4.17. The van der Waals surface area contributed by atoms with Crippen LogP contribution in [-0.2, 0) is 6.54 Å². The Bertz CT molecular complexity index is 611. The lowest BCUT2D eigenvalue weighted by atomic mass is 10.1. The van der Waals surface area contributed by atoms with Crippen molar-refractivity contribution in [3.63, 3.8) is 0 Å². The Hall–Kier alpha value is -2.56. The number of carbonyl (C=O) groups excluding carboxylic acids is 1. The number of aromatic hydroxyl groups is 2. The lowest BCUT2D eigenvalue weighted by Crippen LogP contribution is -2.23. The van der Waals surface area contributed by atoms with Gasteiger partial charge in [-0.3, -0.25) is 4.79 Å². The average molecular weight is 258 g/mol. The second-order valence-corrected chi connectivity index (χ2v) is 4.17. The lowest BCUT2D eigenvalue weighted by molar-refractivity contribution is 0.0943. The summed E-state index contributed by atoms with van der Waals surface area (Å²) >= 11 is 0. The number of aryl methyl sites for hydroxylation is 1. The molecule has 0 radical (unpaired) electrons. The minimum Gasteiger partial charge on any atom is -0.508 e. The van der Waals surface area contributed by atoms with Crippen molar-refractivity contribution < 1.29 is 15.0 Å². The molecule has 0 bridgehead atoms. The third kappa shape index (κ3) is 3.01. The summed E-state index contributed by atoms with van der Waals surface area (Å²) in [4.78, 5) is 15.6. The van der Waals surface area contributed by atoms with Crippen LogP contribution in [0.3, 0.4) is 0 Å². The van der Waals surface area contributed by atoms with Crippen molar-refractivity contribution in [1.82, 2.24) is 10.3 Å². The van der Waals surface area contributed by atoms with Gasteiger partial charge in [0, 0.05) is 12.7 Å². The van der Waals surface area contributed by atoms with Gasteiger partial charge < -0.3 is 15.5 Å². The number of nitrogens with zero attached hydrogens (tertiary/aromatic N) is 1. The number of phenols is 1. The molecule has 0 saturated heterocycles. The van der Waals surface area contributed by atoms with Crippen molar-refractivity contribution in [2.75, 3.05) is 0 Å². The zero-order valence-electron chi connectivity index (χ0n) is 10.4. The highest BCUT2D eigenvalue weighted by Gasteiger charge is 2.11. The highest BCUT2D eigenvalue weighted by atomic mass is 16.3. The standard InChI is InChI=1S/C14H14N2O3/c1-9-7-10(4-5-11(9)17)8-16-14(19)13-12(18)3-2-6-15-13/h2-7,17-18H,8H2,1H3,(H,16,19). The van der Waals surface area contributed by atoms with Crippen LogP contribution < -0.4 is 5.32 Å². The van der Waals surface area contributed by atoms with E-state index in [1.54, 1.807) is 31.2 Å². The Morgan fingerprint density at radius 3 is 2.74 bits per heavy atom. The summed E-state index contributed by atoms with van der Waals surface area (Å²) in [7, 11) is 0. The van der Waals surface area contributed by atoms with Crippen LogP contribution in [0.2, 0.25) is 0 Å². The molecule has 0 aliphatic carbocycles. The summed E-state index contributed by atoms with van der Waals surface area (Å²) in [5, 5.41) is 21.6. The van der Waals surface area contributed by atoms with Crippen molar-refractivity contribution in [2.45, 2.75) is 13.5 Å². The van der Waals surface area contributed by atoms with Crippen molar-refractivity contribution in [2.24, 2.45) is 0 Å². The van der Waals surface area contributed by atoms with Gasteiger partial charge in [0.25, 0.3) is 5.91 Å². The molecule has 1 heterocycles. The summed E-state index contributed by atoms with van der Waals surface area (Å²) in [6.07, 6.45) is 1.44. The van der Waals surface area contributed by atoms with Crippen molar-refractivity contribution in [1.29, 1.82) is 0 Å².